The summed E-state index contributed by atoms with van der Waals surface area (Å²) in [6.45, 7) is 0. The molecule has 2 unspecified atom stereocenters. The zero-order chi connectivity index (χ0) is 26.9. The van der Waals surface area contributed by atoms with Gasteiger partial charge in [0, 0.05) is 32.4 Å². The lowest BCUT2D eigenvalue weighted by atomic mass is 9.85. The van der Waals surface area contributed by atoms with Crippen molar-refractivity contribution in [3.63, 3.8) is 0 Å². The molecule has 0 bridgehead atoms. The summed E-state index contributed by atoms with van der Waals surface area (Å²) in [5, 5.41) is 7.61. The van der Waals surface area contributed by atoms with Gasteiger partial charge in [0.05, 0.1) is 22.9 Å². The van der Waals surface area contributed by atoms with E-state index in [0.29, 0.717) is 11.2 Å². The predicted octanol–water partition coefficient (Wildman–Crippen LogP) is 9.97. The molecule has 41 heavy (non-hydrogen) atoms. The minimum atomic E-state index is 0.407. The summed E-state index contributed by atoms with van der Waals surface area (Å²) in [4.78, 5) is 11.7. The fourth-order valence-corrected chi connectivity index (χ4v) is 8.08. The number of thioether (sulfide) groups is 1. The summed E-state index contributed by atoms with van der Waals surface area (Å²) in [7, 11) is 0. The molecule has 1 aliphatic heterocycles. The molecule has 3 heteroatoms. The summed E-state index contributed by atoms with van der Waals surface area (Å²) in [5.74, 6) is 0.407. The molecule has 7 aromatic rings. The first-order valence-electron chi connectivity index (χ1n) is 14.1. The zero-order valence-corrected chi connectivity index (χ0v) is 23.0. The van der Waals surface area contributed by atoms with E-state index in [-0.39, 0.29) is 0 Å². The van der Waals surface area contributed by atoms with Crippen LogP contribution in [0, 0.1) is 0 Å². The van der Waals surface area contributed by atoms with Gasteiger partial charge >= 0.3 is 0 Å². The van der Waals surface area contributed by atoms with Gasteiger partial charge in [-0.2, -0.15) is 0 Å². The van der Waals surface area contributed by atoms with Crippen molar-refractivity contribution in [2.24, 2.45) is 0 Å². The van der Waals surface area contributed by atoms with Crippen molar-refractivity contribution in [3.8, 4) is 11.3 Å². The van der Waals surface area contributed by atoms with Gasteiger partial charge in [-0.15, -0.1) is 11.8 Å². The Hall–Kier alpha value is -4.73. The van der Waals surface area contributed by atoms with E-state index in [2.05, 4.69) is 127 Å². The van der Waals surface area contributed by atoms with Crippen molar-refractivity contribution in [2.45, 2.75) is 16.1 Å². The van der Waals surface area contributed by atoms with Crippen LogP contribution in [0.1, 0.15) is 17.0 Å². The number of benzene rings is 6. The first kappa shape index (κ1) is 23.0. The number of aromatic nitrogens is 2. The average Bonchev–Trinajstić information content (AvgIpc) is 3.42. The number of nitrogens with zero attached hydrogens (tertiary/aromatic N) is 2. The number of hydrogen-bond donors (Lipinski definition) is 0. The van der Waals surface area contributed by atoms with Crippen LogP contribution in [0.15, 0.2) is 139 Å². The van der Waals surface area contributed by atoms with E-state index in [1.807, 2.05) is 18.0 Å². The summed E-state index contributed by atoms with van der Waals surface area (Å²) < 4.78 is 0. The maximum absolute atomic E-state index is 5.29. The van der Waals surface area contributed by atoms with Crippen LogP contribution in [0.4, 0.5) is 0 Å². The molecule has 0 radical (unpaired) electrons. The minimum absolute atomic E-state index is 0.407. The second-order valence-electron chi connectivity index (χ2n) is 10.9. The van der Waals surface area contributed by atoms with E-state index in [0.717, 1.165) is 33.1 Å². The van der Waals surface area contributed by atoms with Crippen LogP contribution >= 0.6 is 11.8 Å². The Morgan fingerprint density at radius 2 is 1.17 bits per heavy atom. The third kappa shape index (κ3) is 3.46. The fraction of sp³-hybridized carbons (Fsp3) is 0.0526. The fourth-order valence-electron chi connectivity index (χ4n) is 6.76. The Morgan fingerprint density at radius 1 is 0.561 bits per heavy atom. The van der Waals surface area contributed by atoms with Gasteiger partial charge in [-0.25, -0.2) is 4.98 Å². The molecule has 9 rings (SSSR count). The monoisotopic (exact) mass is 540 g/mol. The number of rotatable bonds is 2. The van der Waals surface area contributed by atoms with E-state index in [4.69, 9.17) is 9.97 Å². The van der Waals surface area contributed by atoms with Gasteiger partial charge in [-0.05, 0) is 44.3 Å². The second kappa shape index (κ2) is 8.89. The standard InChI is InChI=1S/C38H24N2S/c1-2-10-26-25(9-1)24(23-17-20-36-33(21-23)30-13-7-8-16-35(30)41-36)18-19-29(26)34-22-39-37-31-14-5-3-11-27(31)28-12-4-6-15-32(28)38(37)40-34/h1-22,33,36H. The molecule has 0 fully saturated rings. The lowest BCUT2D eigenvalue weighted by Gasteiger charge is -2.20. The van der Waals surface area contributed by atoms with Gasteiger partial charge in [0.25, 0.3) is 0 Å². The second-order valence-corrected chi connectivity index (χ2v) is 12.1. The van der Waals surface area contributed by atoms with Crippen LogP contribution in [0.2, 0.25) is 0 Å². The van der Waals surface area contributed by atoms with Crippen LogP contribution < -0.4 is 0 Å². The SMILES string of the molecule is C1=CC2Sc3ccccc3C2C=C1c1ccc(-c2cnc3c4ccccc4c4ccccc4c3n2)c2ccccc12. The van der Waals surface area contributed by atoms with Gasteiger partial charge in [0.15, 0.2) is 0 Å². The summed E-state index contributed by atoms with van der Waals surface area (Å²) in [6, 6.07) is 39.1. The van der Waals surface area contributed by atoms with Crippen LogP contribution in [0.5, 0.6) is 0 Å². The first-order valence-corrected chi connectivity index (χ1v) is 15.0. The molecule has 0 spiro atoms. The third-order valence-electron chi connectivity index (χ3n) is 8.66. The van der Waals surface area contributed by atoms with Crippen molar-refractivity contribution in [1.29, 1.82) is 0 Å². The molecule has 0 saturated carbocycles. The molecule has 6 aromatic carbocycles. The Morgan fingerprint density at radius 3 is 1.95 bits per heavy atom. The number of hydrogen-bond acceptors (Lipinski definition) is 3. The smallest absolute Gasteiger partial charge is 0.0979 e. The Labute approximate surface area is 242 Å². The molecular formula is C38H24N2S. The Balaban J connectivity index is 1.23. The molecule has 1 aromatic heterocycles. The molecule has 0 N–H and O–H groups in total. The highest BCUT2D eigenvalue weighted by Gasteiger charge is 2.32. The highest BCUT2D eigenvalue weighted by molar-refractivity contribution is 8.00. The molecule has 1 aliphatic carbocycles. The Bertz CT molecular complexity index is 2230. The van der Waals surface area contributed by atoms with Gasteiger partial charge in [0.2, 0.25) is 0 Å². The van der Waals surface area contributed by atoms with Gasteiger partial charge in [-0.1, -0.05) is 121 Å². The number of fused-ring (bicyclic) bond motifs is 10. The van der Waals surface area contributed by atoms with Crippen LogP contribution in [0.25, 0.3) is 60.2 Å². The highest BCUT2D eigenvalue weighted by atomic mass is 32.2. The van der Waals surface area contributed by atoms with E-state index in [1.165, 1.54) is 43.1 Å². The van der Waals surface area contributed by atoms with Crippen LogP contribution in [-0.2, 0) is 0 Å². The molecule has 0 saturated heterocycles. The summed E-state index contributed by atoms with van der Waals surface area (Å²) >= 11 is 1.98. The van der Waals surface area contributed by atoms with Crippen LogP contribution in [0.3, 0.4) is 0 Å². The molecular weight excluding hydrogens is 516 g/mol. The van der Waals surface area contributed by atoms with Crippen LogP contribution in [-0.4, -0.2) is 15.2 Å². The maximum atomic E-state index is 5.29. The molecule has 2 aliphatic rings. The van der Waals surface area contributed by atoms with E-state index >= 15 is 0 Å². The predicted molar refractivity (Wildman–Crippen MR) is 173 cm³/mol. The van der Waals surface area contributed by atoms with E-state index in [1.54, 1.807) is 0 Å². The van der Waals surface area contributed by atoms with Crippen molar-refractivity contribution in [3.05, 3.63) is 145 Å². The Kier molecular flexibility index (Phi) is 4.99. The molecule has 2 nitrogen and oxygen atoms in total. The number of allylic oxidation sites excluding steroid dienone is 3. The lowest BCUT2D eigenvalue weighted by Crippen LogP contribution is -2.09. The molecule has 2 heterocycles. The normalized spacial score (nSPS) is 17.7. The average molecular weight is 541 g/mol. The first-order chi connectivity index (χ1) is 20.3. The van der Waals surface area contributed by atoms with Gasteiger partial charge in [0.1, 0.15) is 0 Å². The van der Waals surface area contributed by atoms with Crippen molar-refractivity contribution in [1.82, 2.24) is 9.97 Å². The quantitative estimate of drug-likeness (QED) is 0.204. The molecule has 0 amide bonds. The van der Waals surface area contributed by atoms with Gasteiger partial charge in [-0.3, -0.25) is 4.98 Å². The van der Waals surface area contributed by atoms with Crippen molar-refractivity contribution >= 4 is 60.7 Å². The maximum Gasteiger partial charge on any atom is 0.0979 e. The van der Waals surface area contributed by atoms with Gasteiger partial charge < -0.3 is 0 Å². The highest BCUT2D eigenvalue weighted by Crippen LogP contribution is 2.50. The molecule has 192 valence electrons. The minimum Gasteiger partial charge on any atom is -0.252 e. The molecule has 2 atom stereocenters. The van der Waals surface area contributed by atoms with Crippen molar-refractivity contribution in [2.75, 3.05) is 0 Å². The summed E-state index contributed by atoms with van der Waals surface area (Å²) in [6.07, 6.45) is 9.12. The zero-order valence-electron chi connectivity index (χ0n) is 22.2. The lowest BCUT2D eigenvalue weighted by molar-refractivity contribution is 0.884. The van der Waals surface area contributed by atoms with E-state index < -0.39 is 0 Å². The summed E-state index contributed by atoms with van der Waals surface area (Å²) in [5.41, 5.74) is 7.89. The largest absolute Gasteiger partial charge is 0.252 e. The van der Waals surface area contributed by atoms with Crippen molar-refractivity contribution < 1.29 is 0 Å². The third-order valence-corrected chi connectivity index (χ3v) is 10.0. The topological polar surface area (TPSA) is 25.8 Å². The van der Waals surface area contributed by atoms with E-state index in [9.17, 15) is 0 Å².